The summed E-state index contributed by atoms with van der Waals surface area (Å²) in [7, 11) is 0. The van der Waals surface area contributed by atoms with Crippen LogP contribution in [0.1, 0.15) is 20.3 Å². The quantitative estimate of drug-likeness (QED) is 0.675. The molecule has 0 spiro atoms. The first kappa shape index (κ1) is 8.95. The van der Waals surface area contributed by atoms with Crippen molar-refractivity contribution in [3.63, 3.8) is 0 Å². The zero-order valence-corrected chi connectivity index (χ0v) is 7.31. The van der Waals surface area contributed by atoms with Gasteiger partial charge in [0.25, 0.3) is 0 Å². The molecule has 2 atom stereocenters. The largest absolute Gasteiger partial charge is 0.369 e. The molecule has 9 heavy (non-hydrogen) atoms. The normalized spacial score (nSPS) is 16.8. The van der Waals surface area contributed by atoms with Gasteiger partial charge < -0.3 is 5.73 Å². The maximum Gasteiger partial charge on any atom is 0.220 e. The van der Waals surface area contributed by atoms with Crippen LogP contribution >= 0.6 is 15.9 Å². The summed E-state index contributed by atoms with van der Waals surface area (Å²) in [6.07, 6.45) is 0.815. The minimum absolute atomic E-state index is 0.0145. The summed E-state index contributed by atoms with van der Waals surface area (Å²) in [5.41, 5.74) is 5.02. The third kappa shape index (κ3) is 4.45. The number of halogens is 1. The zero-order valence-electron chi connectivity index (χ0n) is 5.73. The molecule has 2 unspecified atom stereocenters. The molecular weight excluding hydrogens is 182 g/mol. The lowest BCUT2D eigenvalue weighted by atomic mass is 10.1. The Kier molecular flexibility index (Phi) is 3.86. The van der Waals surface area contributed by atoms with Crippen molar-refractivity contribution in [2.24, 2.45) is 11.7 Å². The van der Waals surface area contributed by atoms with Gasteiger partial charge in [-0.15, -0.1) is 0 Å². The first-order valence-electron chi connectivity index (χ1n) is 2.97. The maximum absolute atomic E-state index is 10.4. The minimum Gasteiger partial charge on any atom is -0.369 e. The van der Waals surface area contributed by atoms with Gasteiger partial charge in [-0.2, -0.15) is 0 Å². The summed E-state index contributed by atoms with van der Waals surface area (Å²) in [5.74, 6) is -0.235. The molecule has 0 aliphatic rings. The molecule has 0 aromatic carbocycles. The van der Waals surface area contributed by atoms with Gasteiger partial charge >= 0.3 is 0 Å². The maximum atomic E-state index is 10.4. The van der Waals surface area contributed by atoms with Crippen molar-refractivity contribution in [2.75, 3.05) is 0 Å². The van der Waals surface area contributed by atoms with E-state index < -0.39 is 0 Å². The Morgan fingerprint density at radius 1 is 1.67 bits per heavy atom. The number of hydrogen-bond acceptors (Lipinski definition) is 1. The Bertz CT molecular complexity index is 103. The Balaban J connectivity index is 3.50. The molecule has 0 rings (SSSR count). The summed E-state index contributed by atoms with van der Waals surface area (Å²) in [6.45, 7) is 3.83. The highest BCUT2D eigenvalue weighted by atomic mass is 79.9. The molecule has 0 aromatic heterocycles. The van der Waals surface area contributed by atoms with Gasteiger partial charge in [0.1, 0.15) is 0 Å². The zero-order chi connectivity index (χ0) is 7.44. The first-order valence-corrected chi connectivity index (χ1v) is 3.89. The Morgan fingerprint density at radius 2 is 2.11 bits per heavy atom. The molecule has 2 N–H and O–H groups in total. The molecule has 0 aliphatic carbocycles. The fourth-order valence-corrected chi connectivity index (χ4v) is 1.16. The average molecular weight is 194 g/mol. The van der Waals surface area contributed by atoms with Gasteiger partial charge in [-0.1, -0.05) is 29.8 Å². The molecule has 3 heteroatoms. The van der Waals surface area contributed by atoms with Crippen LogP contribution in [0.15, 0.2) is 0 Å². The van der Waals surface area contributed by atoms with E-state index in [1.165, 1.54) is 0 Å². The number of alkyl halides is 1. The number of primary amides is 1. The van der Waals surface area contributed by atoms with Crippen molar-refractivity contribution in [1.82, 2.24) is 0 Å². The van der Waals surface area contributed by atoms with Crippen LogP contribution < -0.4 is 5.73 Å². The molecule has 0 saturated carbocycles. The van der Waals surface area contributed by atoms with Crippen molar-refractivity contribution in [2.45, 2.75) is 25.1 Å². The Hall–Kier alpha value is -0.0500. The summed E-state index contributed by atoms with van der Waals surface area (Å²) >= 11 is 3.34. The van der Waals surface area contributed by atoms with E-state index in [4.69, 9.17) is 5.73 Å². The molecule has 2 nitrogen and oxygen atoms in total. The van der Waals surface area contributed by atoms with Crippen molar-refractivity contribution in [1.29, 1.82) is 0 Å². The second kappa shape index (κ2) is 3.88. The standard InChI is InChI=1S/C6H12BrNO/c1-4(6(8)9)3-5(2)7/h4-5H,3H2,1-2H3,(H2,8,9). The highest BCUT2D eigenvalue weighted by Crippen LogP contribution is 2.11. The van der Waals surface area contributed by atoms with Crippen molar-refractivity contribution in [3.05, 3.63) is 0 Å². The van der Waals surface area contributed by atoms with E-state index in [1.807, 2.05) is 13.8 Å². The highest BCUT2D eigenvalue weighted by molar-refractivity contribution is 9.09. The lowest BCUT2D eigenvalue weighted by Gasteiger charge is -2.07. The van der Waals surface area contributed by atoms with E-state index in [9.17, 15) is 4.79 Å². The second-order valence-corrected chi connectivity index (χ2v) is 3.88. The molecule has 0 saturated heterocycles. The fourth-order valence-electron chi connectivity index (χ4n) is 0.603. The molecule has 0 bridgehead atoms. The highest BCUT2D eigenvalue weighted by Gasteiger charge is 2.10. The van der Waals surface area contributed by atoms with E-state index in [0.29, 0.717) is 4.83 Å². The van der Waals surface area contributed by atoms with Gasteiger partial charge in [-0.05, 0) is 6.42 Å². The number of amides is 1. The van der Waals surface area contributed by atoms with Gasteiger partial charge in [0.05, 0.1) is 0 Å². The number of hydrogen-bond donors (Lipinski definition) is 1. The lowest BCUT2D eigenvalue weighted by Crippen LogP contribution is -2.22. The average Bonchev–Trinajstić information content (AvgIpc) is 1.63. The number of carbonyl (C=O) groups is 1. The van der Waals surface area contributed by atoms with E-state index in [0.717, 1.165) is 6.42 Å². The van der Waals surface area contributed by atoms with Crippen molar-refractivity contribution >= 4 is 21.8 Å². The number of carbonyl (C=O) groups excluding carboxylic acids is 1. The molecule has 0 fully saturated rings. The third-order valence-electron chi connectivity index (χ3n) is 1.16. The van der Waals surface area contributed by atoms with E-state index in [2.05, 4.69) is 15.9 Å². The minimum atomic E-state index is -0.221. The van der Waals surface area contributed by atoms with Crippen LogP contribution in [-0.2, 0) is 4.79 Å². The first-order chi connectivity index (χ1) is 4.04. The summed E-state index contributed by atoms with van der Waals surface area (Å²) in [4.78, 5) is 10.8. The van der Waals surface area contributed by atoms with E-state index in [-0.39, 0.29) is 11.8 Å². The molecular formula is C6H12BrNO. The molecule has 0 heterocycles. The van der Waals surface area contributed by atoms with Gasteiger partial charge in [0.15, 0.2) is 0 Å². The second-order valence-electron chi connectivity index (χ2n) is 2.32. The van der Waals surface area contributed by atoms with Crippen molar-refractivity contribution in [3.8, 4) is 0 Å². The summed E-state index contributed by atoms with van der Waals surface area (Å²) < 4.78 is 0. The van der Waals surface area contributed by atoms with Crippen LogP contribution in [0.5, 0.6) is 0 Å². The SMILES string of the molecule is CC(Br)CC(C)C(N)=O. The predicted octanol–water partition coefficient (Wildman–Crippen LogP) is 1.28. The molecule has 0 aromatic rings. The molecule has 0 radical (unpaired) electrons. The van der Waals surface area contributed by atoms with Crippen LogP contribution in [0.3, 0.4) is 0 Å². The van der Waals surface area contributed by atoms with E-state index in [1.54, 1.807) is 0 Å². The summed E-state index contributed by atoms with van der Waals surface area (Å²) in [5, 5.41) is 0. The van der Waals surface area contributed by atoms with Crippen LogP contribution in [0.2, 0.25) is 0 Å². The van der Waals surface area contributed by atoms with Gasteiger partial charge in [0.2, 0.25) is 5.91 Å². The van der Waals surface area contributed by atoms with Crippen LogP contribution in [0, 0.1) is 5.92 Å². The van der Waals surface area contributed by atoms with Crippen LogP contribution in [0.4, 0.5) is 0 Å². The molecule has 0 aliphatic heterocycles. The van der Waals surface area contributed by atoms with Gasteiger partial charge in [0, 0.05) is 10.7 Å². The van der Waals surface area contributed by atoms with Crippen LogP contribution in [0.25, 0.3) is 0 Å². The predicted molar refractivity (Wildman–Crippen MR) is 41.4 cm³/mol. The fraction of sp³-hybridized carbons (Fsp3) is 0.833. The number of nitrogens with two attached hydrogens (primary N) is 1. The summed E-state index contributed by atoms with van der Waals surface area (Å²) in [6, 6.07) is 0. The molecule has 54 valence electrons. The van der Waals surface area contributed by atoms with Crippen LogP contribution in [-0.4, -0.2) is 10.7 Å². The monoisotopic (exact) mass is 193 g/mol. The Labute approximate surface area is 63.9 Å². The smallest absolute Gasteiger partial charge is 0.220 e. The number of rotatable bonds is 3. The van der Waals surface area contributed by atoms with E-state index >= 15 is 0 Å². The lowest BCUT2D eigenvalue weighted by molar-refractivity contribution is -0.121. The topological polar surface area (TPSA) is 43.1 Å². The molecule has 1 amide bonds. The van der Waals surface area contributed by atoms with Crippen molar-refractivity contribution < 1.29 is 4.79 Å². The van der Waals surface area contributed by atoms with Gasteiger partial charge in [-0.25, -0.2) is 0 Å². The Morgan fingerprint density at radius 3 is 2.22 bits per heavy atom. The van der Waals surface area contributed by atoms with Gasteiger partial charge in [-0.3, -0.25) is 4.79 Å². The third-order valence-corrected chi connectivity index (χ3v) is 1.54.